The molecule has 0 spiro atoms. The second-order valence-corrected chi connectivity index (χ2v) is 9.24. The molecule has 12 N–H and O–H groups in total. The third-order valence-corrected chi connectivity index (χ3v) is 6.64. The summed E-state index contributed by atoms with van der Waals surface area (Å²) in [6, 6.07) is -2.90. The summed E-state index contributed by atoms with van der Waals surface area (Å²) in [5.41, 5.74) is 10.6. The summed E-state index contributed by atoms with van der Waals surface area (Å²) < 4.78 is 22.3. The summed E-state index contributed by atoms with van der Waals surface area (Å²) in [5, 5.41) is 74.6. The molecule has 14 nitrogen and oxygen atoms in total. The lowest BCUT2D eigenvalue weighted by Crippen LogP contribution is -2.68. The first-order chi connectivity index (χ1) is 15.4. The van der Waals surface area contributed by atoms with Crippen molar-refractivity contribution in [1.29, 1.82) is 0 Å². The molecular formula is C19H37N3O11. The maximum Gasteiger partial charge on any atom is 0.185 e. The number of aliphatic hydroxyl groups excluding tert-OH is 6. The van der Waals surface area contributed by atoms with Gasteiger partial charge in [-0.05, 0) is 20.4 Å². The Bertz CT molecular complexity index is 644. The fraction of sp³-hybridized carbons (Fsp3) is 1.00. The Kier molecular flexibility index (Phi) is 8.68. The smallest absolute Gasteiger partial charge is 0.185 e. The van der Waals surface area contributed by atoms with Gasteiger partial charge >= 0.3 is 0 Å². The van der Waals surface area contributed by atoms with Crippen LogP contribution < -0.4 is 16.8 Å². The van der Waals surface area contributed by atoms with Crippen molar-refractivity contribution in [2.24, 2.45) is 11.5 Å². The normalized spacial score (nSPS) is 53.7. The SMILES string of the molecule is CN[C@H]1[C@@H](O)[C@H](O[C@@H]2[C@@H](O)[C@@H](O[C@@H]3O[C@H](CO)[C@H](O)[C@H](O)[C@H]3N)[C@@H](N)C[C@H]2O)OC[C@@]1(C)O. The Morgan fingerprint density at radius 2 is 1.61 bits per heavy atom. The third kappa shape index (κ3) is 5.34. The molecule has 3 fully saturated rings. The molecule has 0 amide bonds. The molecule has 2 heterocycles. The van der Waals surface area contributed by atoms with E-state index >= 15 is 0 Å². The van der Waals surface area contributed by atoms with Crippen molar-refractivity contribution in [3.8, 4) is 0 Å². The molecule has 0 unspecified atom stereocenters. The molecule has 14 heteroatoms. The van der Waals surface area contributed by atoms with Gasteiger partial charge in [-0.2, -0.15) is 0 Å². The Hall–Kier alpha value is -0.560. The minimum absolute atomic E-state index is 0.0566. The molecule has 2 aliphatic heterocycles. The van der Waals surface area contributed by atoms with Gasteiger partial charge in [-0.1, -0.05) is 0 Å². The van der Waals surface area contributed by atoms with Gasteiger partial charge in [0.2, 0.25) is 0 Å². The van der Waals surface area contributed by atoms with E-state index in [9.17, 15) is 35.7 Å². The number of aliphatic hydroxyl groups is 7. The zero-order valence-electron chi connectivity index (χ0n) is 18.5. The molecule has 2 saturated heterocycles. The zero-order chi connectivity index (χ0) is 24.7. The van der Waals surface area contributed by atoms with E-state index < -0.39 is 91.7 Å². The van der Waals surface area contributed by atoms with E-state index in [4.69, 9.17) is 30.4 Å². The molecule has 3 rings (SSSR count). The average Bonchev–Trinajstić information content (AvgIpc) is 2.75. The number of nitrogens with two attached hydrogens (primary N) is 2. The van der Waals surface area contributed by atoms with Crippen molar-refractivity contribution in [1.82, 2.24) is 5.32 Å². The molecule has 1 saturated carbocycles. The van der Waals surface area contributed by atoms with Crippen LogP contribution in [0.25, 0.3) is 0 Å². The van der Waals surface area contributed by atoms with E-state index in [1.165, 1.54) is 6.92 Å². The summed E-state index contributed by atoms with van der Waals surface area (Å²) in [7, 11) is 1.55. The third-order valence-electron chi connectivity index (χ3n) is 6.64. The standard InChI is InChI=1S/C19H37N3O11/c1-19(29)5-30-18(13(28)16(19)22-2)33-15-7(24)3-6(20)14(12(15)27)32-17-9(21)11(26)10(25)8(4-23)31-17/h6-18,22-29H,3-5,20-21H2,1-2H3/t6-,7+,8+,9+,10-,11+,12-,13+,14-,15-,16-,17-,18-,19+/m0/s1. The monoisotopic (exact) mass is 483 g/mol. The van der Waals surface area contributed by atoms with E-state index in [0.717, 1.165) is 0 Å². The van der Waals surface area contributed by atoms with Gasteiger partial charge < -0.3 is 71.5 Å². The highest BCUT2D eigenvalue weighted by Gasteiger charge is 2.52. The lowest BCUT2D eigenvalue weighted by Gasteiger charge is -2.48. The van der Waals surface area contributed by atoms with E-state index in [1.54, 1.807) is 7.05 Å². The van der Waals surface area contributed by atoms with Gasteiger partial charge in [0.15, 0.2) is 12.6 Å². The number of hydrogen-bond acceptors (Lipinski definition) is 14. The molecule has 0 bridgehead atoms. The first-order valence-electron chi connectivity index (χ1n) is 10.9. The maximum atomic E-state index is 10.9. The number of rotatable bonds is 6. The van der Waals surface area contributed by atoms with Crippen LogP contribution in [0.4, 0.5) is 0 Å². The van der Waals surface area contributed by atoms with Gasteiger partial charge in [-0.3, -0.25) is 0 Å². The molecule has 0 radical (unpaired) electrons. The fourth-order valence-corrected chi connectivity index (χ4v) is 4.67. The number of ether oxygens (including phenoxy) is 4. The summed E-state index contributed by atoms with van der Waals surface area (Å²) >= 11 is 0. The largest absolute Gasteiger partial charge is 0.394 e. The second-order valence-electron chi connectivity index (χ2n) is 9.24. The van der Waals surface area contributed by atoms with Crippen LogP contribution in [0.1, 0.15) is 13.3 Å². The summed E-state index contributed by atoms with van der Waals surface area (Å²) in [5.74, 6) is 0. The molecule has 0 aromatic heterocycles. The molecule has 1 aliphatic carbocycles. The molecule has 0 aromatic rings. The molecule has 33 heavy (non-hydrogen) atoms. The Balaban J connectivity index is 1.71. The van der Waals surface area contributed by atoms with Gasteiger partial charge in [0.1, 0.15) is 48.3 Å². The van der Waals surface area contributed by atoms with Crippen molar-refractivity contribution in [3.05, 3.63) is 0 Å². The Morgan fingerprint density at radius 3 is 2.21 bits per heavy atom. The van der Waals surface area contributed by atoms with E-state index in [2.05, 4.69) is 5.32 Å². The Morgan fingerprint density at radius 1 is 0.970 bits per heavy atom. The number of nitrogens with one attached hydrogen (secondary N) is 1. The summed E-state index contributed by atoms with van der Waals surface area (Å²) in [4.78, 5) is 0. The molecule has 3 aliphatic rings. The highest BCUT2D eigenvalue weighted by molar-refractivity contribution is 5.01. The Labute approximate surface area is 191 Å². The van der Waals surface area contributed by atoms with Crippen LogP contribution in [-0.2, 0) is 18.9 Å². The van der Waals surface area contributed by atoms with E-state index in [-0.39, 0.29) is 13.0 Å². The van der Waals surface area contributed by atoms with Crippen molar-refractivity contribution < 1.29 is 54.7 Å². The van der Waals surface area contributed by atoms with Gasteiger partial charge in [-0.25, -0.2) is 0 Å². The molecule has 14 atom stereocenters. The molecular weight excluding hydrogens is 446 g/mol. The topological polar surface area (TPSA) is 243 Å². The van der Waals surface area contributed by atoms with Crippen LogP contribution in [0.3, 0.4) is 0 Å². The van der Waals surface area contributed by atoms with Crippen LogP contribution in [0.15, 0.2) is 0 Å². The van der Waals surface area contributed by atoms with E-state index in [1.807, 2.05) is 0 Å². The van der Waals surface area contributed by atoms with Crippen LogP contribution in [0.2, 0.25) is 0 Å². The highest BCUT2D eigenvalue weighted by Crippen LogP contribution is 2.32. The highest BCUT2D eigenvalue weighted by atomic mass is 16.7. The van der Waals surface area contributed by atoms with Crippen molar-refractivity contribution in [2.75, 3.05) is 20.3 Å². The van der Waals surface area contributed by atoms with Crippen LogP contribution in [-0.4, -0.2) is 141 Å². The summed E-state index contributed by atoms with van der Waals surface area (Å²) in [6.45, 7) is 0.702. The van der Waals surface area contributed by atoms with Crippen LogP contribution >= 0.6 is 0 Å². The quantitative estimate of drug-likeness (QED) is 0.169. The fourth-order valence-electron chi connectivity index (χ4n) is 4.67. The van der Waals surface area contributed by atoms with Crippen molar-refractivity contribution in [2.45, 2.75) is 98.5 Å². The van der Waals surface area contributed by atoms with E-state index in [0.29, 0.717) is 0 Å². The first-order valence-corrected chi connectivity index (χ1v) is 10.9. The average molecular weight is 484 g/mol. The van der Waals surface area contributed by atoms with Gasteiger partial charge in [0, 0.05) is 6.04 Å². The van der Waals surface area contributed by atoms with Gasteiger partial charge in [0.05, 0.1) is 31.4 Å². The molecule has 0 aromatic carbocycles. The number of hydrogen-bond donors (Lipinski definition) is 10. The first kappa shape index (κ1) is 27.0. The van der Waals surface area contributed by atoms with Gasteiger partial charge in [0.25, 0.3) is 0 Å². The van der Waals surface area contributed by atoms with Crippen molar-refractivity contribution >= 4 is 0 Å². The predicted molar refractivity (Wildman–Crippen MR) is 109 cm³/mol. The zero-order valence-corrected chi connectivity index (χ0v) is 18.5. The lowest BCUT2D eigenvalue weighted by molar-refractivity contribution is -0.324. The summed E-state index contributed by atoms with van der Waals surface area (Å²) in [6.07, 6.45) is -13.3. The predicted octanol–water partition coefficient (Wildman–Crippen LogP) is -5.97. The minimum Gasteiger partial charge on any atom is -0.394 e. The minimum atomic E-state index is -1.53. The van der Waals surface area contributed by atoms with Crippen LogP contribution in [0.5, 0.6) is 0 Å². The number of likely N-dealkylation sites (N-methyl/N-ethyl adjacent to an activating group) is 1. The molecule has 194 valence electrons. The lowest BCUT2D eigenvalue weighted by atomic mass is 9.85. The van der Waals surface area contributed by atoms with Crippen LogP contribution in [0, 0.1) is 0 Å². The second kappa shape index (κ2) is 10.6. The van der Waals surface area contributed by atoms with Gasteiger partial charge in [-0.15, -0.1) is 0 Å². The van der Waals surface area contributed by atoms with Crippen molar-refractivity contribution in [3.63, 3.8) is 0 Å². The maximum absolute atomic E-state index is 10.9.